The Balaban J connectivity index is 2.63. The Kier molecular flexibility index (Phi) is 3.91. The summed E-state index contributed by atoms with van der Waals surface area (Å²) in [6.45, 7) is 0.329. The number of rotatable bonds is 3. The smallest absolute Gasteiger partial charge is 0.282 e. The van der Waals surface area contributed by atoms with Crippen LogP contribution in [-0.2, 0) is 13.6 Å². The maximum Gasteiger partial charge on any atom is 0.286 e. The summed E-state index contributed by atoms with van der Waals surface area (Å²) < 4.78 is 3.85. The second-order valence-electron chi connectivity index (χ2n) is 3.64. The van der Waals surface area contributed by atoms with Crippen molar-refractivity contribution >= 4 is 33.3 Å². The highest BCUT2D eigenvalue weighted by Crippen LogP contribution is 2.16. The molecule has 0 N–H and O–H groups in total. The summed E-state index contributed by atoms with van der Waals surface area (Å²) in [5, 5.41) is 2.30. The first-order valence-corrected chi connectivity index (χ1v) is 6.42. The van der Waals surface area contributed by atoms with Crippen LogP contribution in [0, 0.1) is 0 Å². The number of halogens is 1. The van der Waals surface area contributed by atoms with Gasteiger partial charge in [0.25, 0.3) is 5.56 Å². The SMILES string of the molecule is Cn1c(CN=C=S)c(Br)c(=O)n1-c1ccccc1. The largest absolute Gasteiger partial charge is 0.286 e. The van der Waals surface area contributed by atoms with Gasteiger partial charge in [0.05, 0.1) is 23.1 Å². The molecule has 0 amide bonds. The van der Waals surface area contributed by atoms with Crippen LogP contribution in [0.1, 0.15) is 5.69 Å². The molecule has 2 rings (SSSR count). The van der Waals surface area contributed by atoms with Gasteiger partial charge in [0.2, 0.25) is 0 Å². The minimum absolute atomic E-state index is 0.113. The van der Waals surface area contributed by atoms with Crippen LogP contribution in [0.5, 0.6) is 0 Å². The van der Waals surface area contributed by atoms with E-state index in [0.29, 0.717) is 11.0 Å². The lowest BCUT2D eigenvalue weighted by Crippen LogP contribution is -2.19. The van der Waals surface area contributed by atoms with E-state index in [1.54, 1.807) is 9.36 Å². The molecule has 0 unspecified atom stereocenters. The second-order valence-corrected chi connectivity index (χ2v) is 4.62. The molecule has 2 aromatic rings. The van der Waals surface area contributed by atoms with Crippen molar-refractivity contribution < 1.29 is 0 Å². The Morgan fingerprint density at radius 2 is 2.06 bits per heavy atom. The summed E-state index contributed by atoms with van der Waals surface area (Å²) in [7, 11) is 1.81. The normalized spacial score (nSPS) is 10.1. The highest BCUT2D eigenvalue weighted by atomic mass is 79.9. The zero-order chi connectivity index (χ0) is 13.1. The second kappa shape index (κ2) is 5.44. The predicted molar refractivity (Wildman–Crippen MR) is 77.4 cm³/mol. The molecule has 0 fully saturated rings. The summed E-state index contributed by atoms with van der Waals surface area (Å²) in [6, 6.07) is 9.43. The zero-order valence-corrected chi connectivity index (χ0v) is 12.0. The number of para-hydroxylation sites is 1. The van der Waals surface area contributed by atoms with Crippen molar-refractivity contribution in [3.8, 4) is 5.69 Å². The van der Waals surface area contributed by atoms with Crippen LogP contribution < -0.4 is 5.56 Å². The first kappa shape index (κ1) is 13.0. The highest BCUT2D eigenvalue weighted by molar-refractivity contribution is 9.10. The number of hydrogen-bond donors (Lipinski definition) is 0. The van der Waals surface area contributed by atoms with Crippen molar-refractivity contribution in [2.75, 3.05) is 0 Å². The average molecular weight is 324 g/mol. The molecule has 6 heteroatoms. The molecular weight excluding hydrogens is 314 g/mol. The van der Waals surface area contributed by atoms with Crippen LogP contribution in [-0.4, -0.2) is 14.5 Å². The van der Waals surface area contributed by atoms with Crippen LogP contribution in [0.3, 0.4) is 0 Å². The van der Waals surface area contributed by atoms with Crippen molar-refractivity contribution in [1.29, 1.82) is 0 Å². The van der Waals surface area contributed by atoms with E-state index in [1.165, 1.54) is 0 Å². The number of thiocarbonyl (C=S) groups is 1. The van der Waals surface area contributed by atoms with E-state index >= 15 is 0 Å². The molecule has 0 aliphatic carbocycles. The quantitative estimate of drug-likeness (QED) is 0.643. The first-order chi connectivity index (χ1) is 8.66. The van der Waals surface area contributed by atoms with Gasteiger partial charge in [-0.1, -0.05) is 18.2 Å². The van der Waals surface area contributed by atoms with Gasteiger partial charge in [-0.3, -0.25) is 9.48 Å². The van der Waals surface area contributed by atoms with Gasteiger partial charge < -0.3 is 0 Å². The standard InChI is InChI=1S/C12H10BrN3OS/c1-15-10(7-14-8-18)11(13)12(17)16(15)9-5-3-2-4-6-9/h2-6H,7H2,1H3. The lowest BCUT2D eigenvalue weighted by molar-refractivity contribution is 0.616. The van der Waals surface area contributed by atoms with Crippen LogP contribution in [0.2, 0.25) is 0 Å². The Labute approximate surface area is 118 Å². The molecule has 0 spiro atoms. The topological polar surface area (TPSA) is 39.3 Å². The first-order valence-electron chi connectivity index (χ1n) is 5.22. The maximum atomic E-state index is 12.2. The van der Waals surface area contributed by atoms with E-state index in [4.69, 9.17) is 0 Å². The summed E-state index contributed by atoms with van der Waals surface area (Å²) in [5.41, 5.74) is 1.46. The van der Waals surface area contributed by atoms with Gasteiger partial charge in [0.1, 0.15) is 4.47 Å². The van der Waals surface area contributed by atoms with Gasteiger partial charge in [-0.05, 0) is 40.3 Å². The van der Waals surface area contributed by atoms with Crippen LogP contribution in [0.15, 0.2) is 44.6 Å². The third-order valence-electron chi connectivity index (χ3n) is 2.62. The molecule has 1 aromatic carbocycles. The van der Waals surface area contributed by atoms with Gasteiger partial charge in [-0.15, -0.1) is 0 Å². The van der Waals surface area contributed by atoms with Gasteiger partial charge in [0.15, 0.2) is 0 Å². The van der Waals surface area contributed by atoms with Crippen molar-refractivity contribution in [2.45, 2.75) is 6.54 Å². The molecule has 0 aliphatic heterocycles. The van der Waals surface area contributed by atoms with E-state index in [1.807, 2.05) is 37.4 Å². The fourth-order valence-electron chi connectivity index (χ4n) is 1.75. The molecule has 0 radical (unpaired) electrons. The van der Waals surface area contributed by atoms with E-state index in [-0.39, 0.29) is 5.56 Å². The predicted octanol–water partition coefficient (Wildman–Crippen LogP) is 2.54. The van der Waals surface area contributed by atoms with E-state index in [2.05, 4.69) is 38.3 Å². The summed E-state index contributed by atoms with van der Waals surface area (Å²) in [6.07, 6.45) is 0. The Morgan fingerprint density at radius 1 is 1.39 bits per heavy atom. The molecule has 1 heterocycles. The average Bonchev–Trinajstić information content (AvgIpc) is 2.60. The van der Waals surface area contributed by atoms with Gasteiger partial charge >= 0.3 is 0 Å². The number of aliphatic imine (C=N–C) groups is 1. The fraction of sp³-hybridized carbons (Fsp3) is 0.167. The zero-order valence-electron chi connectivity index (χ0n) is 9.63. The fourth-order valence-corrected chi connectivity index (χ4v) is 2.37. The Hall–Kier alpha value is -1.49. The molecular formula is C12H10BrN3OS. The van der Waals surface area contributed by atoms with Crippen molar-refractivity contribution in [2.24, 2.45) is 12.0 Å². The van der Waals surface area contributed by atoms with Crippen molar-refractivity contribution in [1.82, 2.24) is 9.36 Å². The van der Waals surface area contributed by atoms with Gasteiger partial charge in [-0.2, -0.15) is 0 Å². The van der Waals surface area contributed by atoms with Crippen molar-refractivity contribution in [3.63, 3.8) is 0 Å². The molecule has 0 aliphatic rings. The molecule has 0 atom stereocenters. The highest BCUT2D eigenvalue weighted by Gasteiger charge is 2.16. The molecule has 1 aromatic heterocycles. The monoisotopic (exact) mass is 323 g/mol. The third kappa shape index (κ3) is 2.22. The van der Waals surface area contributed by atoms with Gasteiger partial charge in [-0.25, -0.2) is 9.67 Å². The minimum Gasteiger partial charge on any atom is -0.282 e. The number of nitrogens with zero attached hydrogens (tertiary/aromatic N) is 3. The Bertz CT molecular complexity index is 669. The summed E-state index contributed by atoms with van der Waals surface area (Å²) in [5.74, 6) is 0. The van der Waals surface area contributed by atoms with Crippen LogP contribution >= 0.6 is 28.1 Å². The van der Waals surface area contributed by atoms with Crippen LogP contribution in [0.25, 0.3) is 5.69 Å². The summed E-state index contributed by atoms with van der Waals surface area (Å²) >= 11 is 7.85. The number of aromatic nitrogens is 2. The van der Waals surface area contributed by atoms with Gasteiger partial charge in [0, 0.05) is 7.05 Å². The maximum absolute atomic E-state index is 12.2. The Morgan fingerprint density at radius 3 is 2.67 bits per heavy atom. The van der Waals surface area contributed by atoms with Crippen LogP contribution in [0.4, 0.5) is 0 Å². The van der Waals surface area contributed by atoms with E-state index in [0.717, 1.165) is 11.4 Å². The molecule has 18 heavy (non-hydrogen) atoms. The number of hydrogen-bond acceptors (Lipinski definition) is 3. The lowest BCUT2D eigenvalue weighted by Gasteiger charge is -2.08. The molecule has 0 saturated carbocycles. The lowest BCUT2D eigenvalue weighted by atomic mass is 10.3. The van der Waals surface area contributed by atoms with E-state index < -0.39 is 0 Å². The minimum atomic E-state index is -0.113. The number of isothiocyanates is 1. The molecule has 4 nitrogen and oxygen atoms in total. The van der Waals surface area contributed by atoms with Crippen molar-refractivity contribution in [3.05, 3.63) is 50.9 Å². The molecule has 0 saturated heterocycles. The summed E-state index contributed by atoms with van der Waals surface area (Å²) in [4.78, 5) is 16.1. The molecule has 92 valence electrons. The number of benzene rings is 1. The molecule has 0 bridgehead atoms. The van der Waals surface area contributed by atoms with E-state index in [9.17, 15) is 4.79 Å². The third-order valence-corrected chi connectivity index (χ3v) is 3.54.